The zero-order chi connectivity index (χ0) is 23.7. The van der Waals surface area contributed by atoms with Crippen molar-refractivity contribution in [2.75, 3.05) is 32.9 Å². The standard InChI is InChI=1S/C25H31N3O4S2/c1-18-5-6-20(14-19(18)2)17-33-25-26-23-15-22(34(29,30)27-9-12-31-13-10-27)7-8-24(23)28(25)16-21-4-3-11-32-21/h5-8,14-15,21H,3-4,9-13,16-17H2,1-2H3/t21-/m1/s1. The molecule has 0 spiro atoms. The summed E-state index contributed by atoms with van der Waals surface area (Å²) in [6.45, 7) is 7.39. The predicted octanol–water partition coefficient (Wildman–Crippen LogP) is 4.15. The topological polar surface area (TPSA) is 73.7 Å². The maximum atomic E-state index is 13.2. The van der Waals surface area contributed by atoms with Gasteiger partial charge in [0.25, 0.3) is 0 Å². The van der Waals surface area contributed by atoms with Gasteiger partial charge >= 0.3 is 0 Å². The minimum atomic E-state index is -3.57. The lowest BCUT2D eigenvalue weighted by Gasteiger charge is -2.26. The number of nitrogens with zero attached hydrogens (tertiary/aromatic N) is 3. The van der Waals surface area contributed by atoms with E-state index in [9.17, 15) is 8.42 Å². The molecule has 1 atom stereocenters. The lowest BCUT2D eigenvalue weighted by Crippen LogP contribution is -2.40. The number of aromatic nitrogens is 2. The van der Waals surface area contributed by atoms with Crippen LogP contribution >= 0.6 is 11.8 Å². The molecule has 3 aromatic rings. The summed E-state index contributed by atoms with van der Waals surface area (Å²) in [6.07, 6.45) is 2.27. The largest absolute Gasteiger partial charge is 0.379 e. The summed E-state index contributed by atoms with van der Waals surface area (Å²) in [7, 11) is -3.57. The van der Waals surface area contributed by atoms with E-state index in [1.165, 1.54) is 21.0 Å². The fourth-order valence-electron chi connectivity index (χ4n) is 4.50. The first kappa shape index (κ1) is 23.8. The Labute approximate surface area is 205 Å². The molecule has 0 bridgehead atoms. The molecule has 7 nitrogen and oxygen atoms in total. The SMILES string of the molecule is Cc1ccc(CSc2nc3cc(S(=O)(=O)N4CCOCC4)ccc3n2C[C@H]2CCCO2)cc1C. The van der Waals surface area contributed by atoms with Crippen molar-refractivity contribution in [3.63, 3.8) is 0 Å². The van der Waals surface area contributed by atoms with Gasteiger partial charge in [-0.25, -0.2) is 13.4 Å². The number of hydrogen-bond donors (Lipinski definition) is 0. The highest BCUT2D eigenvalue weighted by Crippen LogP contribution is 2.31. The molecular weight excluding hydrogens is 470 g/mol. The molecule has 0 radical (unpaired) electrons. The minimum absolute atomic E-state index is 0.162. The Balaban J connectivity index is 1.47. The number of sulfonamides is 1. The highest BCUT2D eigenvalue weighted by atomic mass is 32.2. The van der Waals surface area contributed by atoms with Gasteiger partial charge in [0.05, 0.1) is 41.8 Å². The third kappa shape index (κ3) is 4.90. The molecule has 0 saturated carbocycles. The zero-order valence-electron chi connectivity index (χ0n) is 19.7. The highest BCUT2D eigenvalue weighted by Gasteiger charge is 2.27. The number of imidazole rings is 1. The van der Waals surface area contributed by atoms with E-state index in [1.54, 1.807) is 23.9 Å². The molecule has 34 heavy (non-hydrogen) atoms. The number of rotatable bonds is 7. The second kappa shape index (κ2) is 9.99. The van der Waals surface area contributed by atoms with Crippen molar-refractivity contribution in [2.24, 2.45) is 0 Å². The number of thioether (sulfide) groups is 1. The Morgan fingerprint density at radius 1 is 1.06 bits per heavy atom. The number of fused-ring (bicyclic) bond motifs is 1. The summed E-state index contributed by atoms with van der Waals surface area (Å²) < 4.78 is 41.3. The van der Waals surface area contributed by atoms with E-state index < -0.39 is 10.0 Å². The molecule has 1 aromatic heterocycles. The maximum Gasteiger partial charge on any atom is 0.243 e. The molecule has 2 fully saturated rings. The van der Waals surface area contributed by atoms with Gasteiger partial charge in [-0.15, -0.1) is 0 Å². The van der Waals surface area contributed by atoms with Crippen LogP contribution < -0.4 is 0 Å². The first-order valence-corrected chi connectivity index (χ1v) is 14.2. The van der Waals surface area contributed by atoms with Gasteiger partial charge in [0.15, 0.2) is 5.16 Å². The van der Waals surface area contributed by atoms with E-state index in [0.717, 1.165) is 42.4 Å². The van der Waals surface area contributed by atoms with E-state index in [1.807, 2.05) is 6.07 Å². The number of hydrogen-bond acceptors (Lipinski definition) is 6. The van der Waals surface area contributed by atoms with Crippen molar-refractivity contribution < 1.29 is 17.9 Å². The second-order valence-corrected chi connectivity index (χ2v) is 11.9. The molecule has 0 aliphatic carbocycles. The molecule has 5 rings (SSSR count). The lowest BCUT2D eigenvalue weighted by molar-refractivity contribution is 0.0730. The van der Waals surface area contributed by atoms with Crippen LogP contribution in [-0.2, 0) is 31.8 Å². The molecule has 9 heteroatoms. The van der Waals surface area contributed by atoms with Crippen LogP contribution in [-0.4, -0.2) is 61.3 Å². The highest BCUT2D eigenvalue weighted by molar-refractivity contribution is 7.98. The van der Waals surface area contributed by atoms with E-state index in [-0.39, 0.29) is 11.0 Å². The predicted molar refractivity (Wildman–Crippen MR) is 134 cm³/mol. The molecule has 0 unspecified atom stereocenters. The van der Waals surface area contributed by atoms with Gasteiger partial charge in [0.2, 0.25) is 10.0 Å². The van der Waals surface area contributed by atoms with Crippen LogP contribution in [0.15, 0.2) is 46.5 Å². The Hall–Kier alpha value is -1.91. The molecule has 0 amide bonds. The lowest BCUT2D eigenvalue weighted by atomic mass is 10.1. The Bertz CT molecular complexity index is 1280. The first-order chi connectivity index (χ1) is 16.4. The van der Waals surface area contributed by atoms with Gasteiger partial charge in [0, 0.05) is 25.4 Å². The fraction of sp³-hybridized carbons (Fsp3) is 0.480. The van der Waals surface area contributed by atoms with Crippen molar-refractivity contribution >= 4 is 32.8 Å². The van der Waals surface area contributed by atoms with Gasteiger partial charge < -0.3 is 14.0 Å². The van der Waals surface area contributed by atoms with E-state index in [2.05, 4.69) is 36.6 Å². The van der Waals surface area contributed by atoms with E-state index in [0.29, 0.717) is 31.8 Å². The number of aryl methyl sites for hydroxylation is 2. The summed E-state index contributed by atoms with van der Waals surface area (Å²) in [5, 5.41) is 0.893. The molecule has 182 valence electrons. The van der Waals surface area contributed by atoms with Crippen LogP contribution in [0.4, 0.5) is 0 Å². The summed E-state index contributed by atoms with van der Waals surface area (Å²) in [5.74, 6) is 0.800. The van der Waals surface area contributed by atoms with Crippen LogP contribution in [0.1, 0.15) is 29.5 Å². The van der Waals surface area contributed by atoms with Gasteiger partial charge in [-0.3, -0.25) is 0 Å². The van der Waals surface area contributed by atoms with Gasteiger partial charge in [-0.1, -0.05) is 30.0 Å². The molecule has 2 aliphatic heterocycles. The van der Waals surface area contributed by atoms with Crippen molar-refractivity contribution in [1.82, 2.24) is 13.9 Å². The normalized spacial score (nSPS) is 19.8. The molecule has 0 N–H and O–H groups in total. The monoisotopic (exact) mass is 501 g/mol. The molecule has 2 aromatic carbocycles. The third-order valence-electron chi connectivity index (χ3n) is 6.64. The van der Waals surface area contributed by atoms with Crippen molar-refractivity contribution in [2.45, 2.75) is 55.1 Å². The van der Waals surface area contributed by atoms with Gasteiger partial charge in [-0.05, 0) is 61.6 Å². The van der Waals surface area contributed by atoms with Crippen LogP contribution in [0.5, 0.6) is 0 Å². The molecule has 2 saturated heterocycles. The number of ether oxygens (including phenoxy) is 2. The van der Waals surface area contributed by atoms with Crippen LogP contribution in [0, 0.1) is 13.8 Å². The van der Waals surface area contributed by atoms with Gasteiger partial charge in [0.1, 0.15) is 0 Å². The quantitative estimate of drug-likeness (QED) is 0.453. The smallest absolute Gasteiger partial charge is 0.243 e. The third-order valence-corrected chi connectivity index (χ3v) is 9.58. The minimum Gasteiger partial charge on any atom is -0.379 e. The van der Waals surface area contributed by atoms with Crippen LogP contribution in [0.25, 0.3) is 11.0 Å². The number of morpholine rings is 1. The zero-order valence-corrected chi connectivity index (χ0v) is 21.3. The average Bonchev–Trinajstić information content (AvgIpc) is 3.48. The van der Waals surface area contributed by atoms with E-state index in [4.69, 9.17) is 14.5 Å². The Morgan fingerprint density at radius 2 is 1.88 bits per heavy atom. The summed E-state index contributed by atoms with van der Waals surface area (Å²) in [4.78, 5) is 5.18. The Morgan fingerprint density at radius 3 is 2.62 bits per heavy atom. The average molecular weight is 502 g/mol. The van der Waals surface area contributed by atoms with Crippen molar-refractivity contribution in [3.8, 4) is 0 Å². The first-order valence-electron chi connectivity index (χ1n) is 11.8. The summed E-state index contributed by atoms with van der Waals surface area (Å²) >= 11 is 1.69. The number of benzene rings is 2. The fourth-order valence-corrected chi connectivity index (χ4v) is 6.90. The molecule has 2 aliphatic rings. The summed E-state index contributed by atoms with van der Waals surface area (Å²) in [6, 6.07) is 11.9. The van der Waals surface area contributed by atoms with Crippen molar-refractivity contribution in [3.05, 3.63) is 53.1 Å². The second-order valence-electron chi connectivity index (χ2n) is 9.01. The maximum absolute atomic E-state index is 13.2. The molecule has 3 heterocycles. The van der Waals surface area contributed by atoms with Crippen LogP contribution in [0.3, 0.4) is 0 Å². The van der Waals surface area contributed by atoms with Gasteiger partial charge in [-0.2, -0.15) is 4.31 Å². The molecular formula is C25H31N3O4S2. The Kier molecular flexibility index (Phi) is 7.00. The summed E-state index contributed by atoms with van der Waals surface area (Å²) in [5.41, 5.74) is 5.46. The van der Waals surface area contributed by atoms with Crippen molar-refractivity contribution in [1.29, 1.82) is 0 Å². The van der Waals surface area contributed by atoms with E-state index >= 15 is 0 Å². The van der Waals surface area contributed by atoms with Crippen LogP contribution in [0.2, 0.25) is 0 Å².